The average Bonchev–Trinajstić information content (AvgIpc) is 2.76. The lowest BCUT2D eigenvalue weighted by molar-refractivity contribution is -0.130. The highest BCUT2D eigenvalue weighted by Crippen LogP contribution is 2.43. The van der Waals surface area contributed by atoms with E-state index in [-0.39, 0.29) is 23.7 Å². The largest absolute Gasteiger partial charge is 0.335 e. The fourth-order valence-electron chi connectivity index (χ4n) is 3.87. The Morgan fingerprint density at radius 3 is 2.59 bits per heavy atom. The molecule has 3 heteroatoms. The molecule has 1 saturated carbocycles. The summed E-state index contributed by atoms with van der Waals surface area (Å²) in [6, 6.07) is 0.205. The number of rotatable bonds is 0. The van der Waals surface area contributed by atoms with Gasteiger partial charge in [0.2, 0.25) is 5.91 Å². The van der Waals surface area contributed by atoms with Crippen LogP contribution < -0.4 is 0 Å². The molecule has 3 aliphatic rings. The number of hydrogen-bond acceptors (Lipinski definition) is 2. The number of ketones is 1. The first-order valence-corrected chi connectivity index (χ1v) is 6.64. The lowest BCUT2D eigenvalue weighted by Crippen LogP contribution is -2.45. The van der Waals surface area contributed by atoms with Gasteiger partial charge in [-0.15, -0.1) is 0 Å². The number of allylic oxidation sites excluding steroid dienone is 1. The average molecular weight is 233 g/mol. The Balaban J connectivity index is 2.08. The van der Waals surface area contributed by atoms with Gasteiger partial charge in [-0.2, -0.15) is 0 Å². The SMILES string of the molecule is CC1=C(C)C(=O)N2CC[C@H]3CCC[C@@H](C1=O)[C@H]32. The van der Waals surface area contributed by atoms with Gasteiger partial charge in [-0.25, -0.2) is 0 Å². The molecule has 1 aliphatic carbocycles. The molecule has 3 rings (SSSR count). The monoisotopic (exact) mass is 233 g/mol. The maximum Gasteiger partial charge on any atom is 0.250 e. The molecule has 1 amide bonds. The van der Waals surface area contributed by atoms with E-state index in [0.717, 1.165) is 25.8 Å². The second-order valence-electron chi connectivity index (χ2n) is 5.69. The molecule has 0 unspecified atom stereocenters. The highest BCUT2D eigenvalue weighted by molar-refractivity contribution is 6.08. The van der Waals surface area contributed by atoms with E-state index in [1.807, 2.05) is 11.8 Å². The van der Waals surface area contributed by atoms with Crippen LogP contribution in [-0.2, 0) is 9.59 Å². The maximum absolute atomic E-state index is 12.4. The van der Waals surface area contributed by atoms with Crippen molar-refractivity contribution in [2.45, 2.75) is 45.6 Å². The Kier molecular flexibility index (Phi) is 2.39. The minimum absolute atomic E-state index is 0.0812. The van der Waals surface area contributed by atoms with Crippen molar-refractivity contribution < 1.29 is 9.59 Å². The van der Waals surface area contributed by atoms with Crippen LogP contribution in [0.25, 0.3) is 0 Å². The molecule has 0 aromatic rings. The molecule has 0 aromatic carbocycles. The third-order valence-electron chi connectivity index (χ3n) is 4.94. The van der Waals surface area contributed by atoms with Gasteiger partial charge in [-0.1, -0.05) is 6.42 Å². The minimum atomic E-state index is 0.0812. The second-order valence-corrected chi connectivity index (χ2v) is 5.69. The van der Waals surface area contributed by atoms with Crippen molar-refractivity contribution >= 4 is 11.7 Å². The first-order chi connectivity index (χ1) is 8.11. The van der Waals surface area contributed by atoms with Gasteiger partial charge in [0.1, 0.15) is 0 Å². The van der Waals surface area contributed by atoms with Crippen molar-refractivity contribution in [1.29, 1.82) is 0 Å². The molecule has 0 spiro atoms. The summed E-state index contributed by atoms with van der Waals surface area (Å²) in [5, 5.41) is 0. The van der Waals surface area contributed by atoms with Gasteiger partial charge < -0.3 is 4.90 Å². The zero-order valence-electron chi connectivity index (χ0n) is 10.5. The molecule has 92 valence electrons. The maximum atomic E-state index is 12.4. The number of carbonyl (C=O) groups excluding carboxylic acids is 2. The summed E-state index contributed by atoms with van der Waals surface area (Å²) >= 11 is 0. The number of Topliss-reactive ketones (excluding diaryl/α,β-unsaturated/α-hetero) is 1. The molecule has 1 saturated heterocycles. The third kappa shape index (κ3) is 1.41. The smallest absolute Gasteiger partial charge is 0.250 e. The number of hydrogen-bond donors (Lipinski definition) is 0. The van der Waals surface area contributed by atoms with Crippen LogP contribution in [0.4, 0.5) is 0 Å². The van der Waals surface area contributed by atoms with Crippen LogP contribution in [0.3, 0.4) is 0 Å². The first-order valence-electron chi connectivity index (χ1n) is 6.64. The van der Waals surface area contributed by atoms with E-state index in [0.29, 0.717) is 17.1 Å². The molecule has 2 heterocycles. The van der Waals surface area contributed by atoms with Gasteiger partial charge in [-0.05, 0) is 39.0 Å². The molecule has 0 bridgehead atoms. The van der Waals surface area contributed by atoms with E-state index in [1.54, 1.807) is 6.92 Å². The van der Waals surface area contributed by atoms with Gasteiger partial charge in [0, 0.05) is 29.7 Å². The summed E-state index contributed by atoms with van der Waals surface area (Å²) in [6.07, 6.45) is 4.39. The normalized spacial score (nSPS) is 37.3. The Hall–Kier alpha value is -1.12. The standard InChI is InChI=1S/C14H19NO2/c1-8-9(2)14(17)15-7-6-10-4-3-5-11(12(10)15)13(8)16/h10-12H,3-7H2,1-2H3/t10-,11-,12+/m1/s1. The van der Waals surface area contributed by atoms with Gasteiger partial charge in [0.25, 0.3) is 0 Å². The van der Waals surface area contributed by atoms with E-state index in [2.05, 4.69) is 0 Å². The molecule has 2 fully saturated rings. The van der Waals surface area contributed by atoms with Crippen molar-refractivity contribution in [2.24, 2.45) is 11.8 Å². The molecular weight excluding hydrogens is 214 g/mol. The fraction of sp³-hybridized carbons (Fsp3) is 0.714. The molecule has 0 N–H and O–H groups in total. The van der Waals surface area contributed by atoms with Crippen LogP contribution in [0.2, 0.25) is 0 Å². The summed E-state index contributed by atoms with van der Waals surface area (Å²) < 4.78 is 0. The molecule has 3 nitrogen and oxygen atoms in total. The van der Waals surface area contributed by atoms with Crippen molar-refractivity contribution in [3.05, 3.63) is 11.1 Å². The van der Waals surface area contributed by atoms with E-state index in [4.69, 9.17) is 0 Å². The van der Waals surface area contributed by atoms with Crippen LogP contribution in [-0.4, -0.2) is 29.2 Å². The summed E-state index contributed by atoms with van der Waals surface area (Å²) in [4.78, 5) is 26.7. The number of nitrogens with zero attached hydrogens (tertiary/aromatic N) is 1. The highest BCUT2D eigenvalue weighted by atomic mass is 16.2. The molecule has 0 aromatic heterocycles. The first kappa shape index (κ1) is 11.0. The zero-order valence-corrected chi connectivity index (χ0v) is 10.5. The van der Waals surface area contributed by atoms with Crippen molar-refractivity contribution in [3.8, 4) is 0 Å². The Bertz CT molecular complexity index is 420. The van der Waals surface area contributed by atoms with Crippen LogP contribution in [0.1, 0.15) is 39.5 Å². The summed E-state index contributed by atoms with van der Waals surface area (Å²) in [5.74, 6) is 0.987. The zero-order chi connectivity index (χ0) is 12.2. The number of carbonyl (C=O) groups is 2. The molecule has 2 aliphatic heterocycles. The summed E-state index contributed by atoms with van der Waals surface area (Å²) in [6.45, 7) is 4.48. The quantitative estimate of drug-likeness (QED) is 0.641. The van der Waals surface area contributed by atoms with Gasteiger partial charge in [0.15, 0.2) is 5.78 Å². The van der Waals surface area contributed by atoms with Crippen LogP contribution >= 0.6 is 0 Å². The predicted octanol–water partition coefficient (Wildman–Crippen LogP) is 1.92. The Labute approximate surface area is 102 Å². The predicted molar refractivity (Wildman–Crippen MR) is 64.3 cm³/mol. The van der Waals surface area contributed by atoms with Crippen molar-refractivity contribution in [3.63, 3.8) is 0 Å². The molecule has 0 radical (unpaired) electrons. The van der Waals surface area contributed by atoms with E-state index < -0.39 is 0 Å². The van der Waals surface area contributed by atoms with Crippen LogP contribution in [0.5, 0.6) is 0 Å². The van der Waals surface area contributed by atoms with E-state index in [1.165, 1.54) is 6.42 Å². The Morgan fingerprint density at radius 2 is 1.82 bits per heavy atom. The van der Waals surface area contributed by atoms with Crippen LogP contribution in [0.15, 0.2) is 11.1 Å². The summed E-state index contributed by atoms with van der Waals surface area (Å²) in [7, 11) is 0. The second kappa shape index (κ2) is 3.69. The third-order valence-corrected chi connectivity index (χ3v) is 4.94. The van der Waals surface area contributed by atoms with Crippen LogP contribution in [0, 0.1) is 11.8 Å². The fourth-order valence-corrected chi connectivity index (χ4v) is 3.87. The van der Waals surface area contributed by atoms with Crippen molar-refractivity contribution in [2.75, 3.05) is 6.54 Å². The summed E-state index contributed by atoms with van der Waals surface area (Å²) in [5.41, 5.74) is 1.38. The lowest BCUT2D eigenvalue weighted by Gasteiger charge is -2.36. The molecular formula is C14H19NO2. The molecule has 17 heavy (non-hydrogen) atoms. The topological polar surface area (TPSA) is 37.4 Å². The lowest BCUT2D eigenvalue weighted by atomic mass is 9.74. The van der Waals surface area contributed by atoms with Gasteiger partial charge in [0.05, 0.1) is 0 Å². The number of amides is 1. The highest BCUT2D eigenvalue weighted by Gasteiger charge is 2.48. The van der Waals surface area contributed by atoms with E-state index in [9.17, 15) is 9.59 Å². The van der Waals surface area contributed by atoms with Gasteiger partial charge >= 0.3 is 0 Å². The Morgan fingerprint density at radius 1 is 1.06 bits per heavy atom. The minimum Gasteiger partial charge on any atom is -0.335 e. The van der Waals surface area contributed by atoms with Gasteiger partial charge in [-0.3, -0.25) is 9.59 Å². The van der Waals surface area contributed by atoms with E-state index >= 15 is 0 Å². The van der Waals surface area contributed by atoms with Crippen molar-refractivity contribution in [1.82, 2.24) is 4.90 Å². The molecule has 3 atom stereocenters.